The van der Waals surface area contributed by atoms with Crippen molar-refractivity contribution in [1.82, 2.24) is 0 Å². The summed E-state index contributed by atoms with van der Waals surface area (Å²) in [5, 5.41) is 0. The average Bonchev–Trinajstić information content (AvgIpc) is 2.31. The van der Waals surface area contributed by atoms with E-state index in [0.717, 1.165) is 38.5 Å². The van der Waals surface area contributed by atoms with Gasteiger partial charge in [0.2, 0.25) is 0 Å². The maximum absolute atomic E-state index is 11.8. The lowest BCUT2D eigenvalue weighted by Gasteiger charge is -2.18. The summed E-state index contributed by atoms with van der Waals surface area (Å²) in [5.41, 5.74) is 0. The normalized spacial score (nSPS) is 14.0. The predicted molar refractivity (Wildman–Crippen MR) is 73.4 cm³/mol. The van der Waals surface area contributed by atoms with Crippen LogP contribution in [0.4, 0.5) is 0 Å². The summed E-state index contributed by atoms with van der Waals surface area (Å²) >= 11 is 0. The molecule has 0 aliphatic heterocycles. The summed E-state index contributed by atoms with van der Waals surface area (Å²) in [6.07, 6.45) is 6.06. The SMILES string of the molecule is CCCC(CC)C(=O)OC(C)CCCCC(C)=O. The standard InChI is InChI=1S/C15H28O3/c1-5-9-14(6-2)15(17)18-13(4)11-8-7-10-12(3)16/h13-14H,5-11H2,1-4H3. The van der Waals surface area contributed by atoms with Crippen molar-refractivity contribution in [3.8, 4) is 0 Å². The van der Waals surface area contributed by atoms with E-state index in [4.69, 9.17) is 4.74 Å². The van der Waals surface area contributed by atoms with E-state index in [9.17, 15) is 9.59 Å². The molecule has 2 atom stereocenters. The summed E-state index contributed by atoms with van der Waals surface area (Å²) in [5.74, 6) is 0.224. The molecule has 0 rings (SSSR count). The Hall–Kier alpha value is -0.860. The van der Waals surface area contributed by atoms with Crippen LogP contribution >= 0.6 is 0 Å². The number of carbonyl (C=O) groups excluding carboxylic acids is 2. The molecule has 0 heterocycles. The molecule has 0 radical (unpaired) electrons. The molecule has 0 aliphatic carbocycles. The number of hydrogen-bond acceptors (Lipinski definition) is 3. The monoisotopic (exact) mass is 256 g/mol. The van der Waals surface area contributed by atoms with Crippen molar-refractivity contribution < 1.29 is 14.3 Å². The highest BCUT2D eigenvalue weighted by atomic mass is 16.5. The lowest BCUT2D eigenvalue weighted by Crippen LogP contribution is -2.22. The molecule has 3 nitrogen and oxygen atoms in total. The number of hydrogen-bond donors (Lipinski definition) is 0. The van der Waals surface area contributed by atoms with Crippen LogP contribution in [0.15, 0.2) is 0 Å². The van der Waals surface area contributed by atoms with Crippen LogP contribution in [0.25, 0.3) is 0 Å². The molecule has 0 saturated carbocycles. The number of esters is 1. The summed E-state index contributed by atoms with van der Waals surface area (Å²) in [6, 6.07) is 0. The lowest BCUT2D eigenvalue weighted by molar-refractivity contribution is -0.154. The van der Waals surface area contributed by atoms with Crippen LogP contribution in [-0.2, 0) is 14.3 Å². The van der Waals surface area contributed by atoms with Crippen molar-refractivity contribution in [2.75, 3.05) is 0 Å². The van der Waals surface area contributed by atoms with Crippen molar-refractivity contribution in [3.63, 3.8) is 0 Å². The molecule has 2 unspecified atom stereocenters. The zero-order valence-electron chi connectivity index (χ0n) is 12.3. The third-order valence-electron chi connectivity index (χ3n) is 3.17. The van der Waals surface area contributed by atoms with E-state index >= 15 is 0 Å². The molecule has 106 valence electrons. The van der Waals surface area contributed by atoms with Crippen molar-refractivity contribution in [3.05, 3.63) is 0 Å². The van der Waals surface area contributed by atoms with Crippen LogP contribution < -0.4 is 0 Å². The topological polar surface area (TPSA) is 43.4 Å². The van der Waals surface area contributed by atoms with E-state index in [-0.39, 0.29) is 23.8 Å². The first-order valence-corrected chi connectivity index (χ1v) is 7.21. The second-order valence-electron chi connectivity index (χ2n) is 5.09. The van der Waals surface area contributed by atoms with E-state index in [1.807, 2.05) is 13.8 Å². The van der Waals surface area contributed by atoms with Crippen LogP contribution in [0, 0.1) is 5.92 Å². The maximum Gasteiger partial charge on any atom is 0.309 e. The Kier molecular flexibility index (Phi) is 9.62. The van der Waals surface area contributed by atoms with Crippen LogP contribution in [0.2, 0.25) is 0 Å². The van der Waals surface area contributed by atoms with E-state index in [0.29, 0.717) is 6.42 Å². The highest BCUT2D eigenvalue weighted by Gasteiger charge is 2.19. The molecule has 3 heteroatoms. The predicted octanol–water partition coefficient (Wildman–Crippen LogP) is 3.89. The Balaban J connectivity index is 3.81. The second kappa shape index (κ2) is 10.1. The molecule has 0 aromatic carbocycles. The smallest absolute Gasteiger partial charge is 0.309 e. The van der Waals surface area contributed by atoms with Crippen LogP contribution in [0.5, 0.6) is 0 Å². The minimum absolute atomic E-state index is 0.0321. The molecule has 0 bridgehead atoms. The lowest BCUT2D eigenvalue weighted by atomic mass is 10.0. The second-order valence-corrected chi connectivity index (χ2v) is 5.09. The van der Waals surface area contributed by atoms with E-state index in [2.05, 4.69) is 6.92 Å². The fraction of sp³-hybridized carbons (Fsp3) is 0.867. The molecular weight excluding hydrogens is 228 g/mol. The van der Waals surface area contributed by atoms with Gasteiger partial charge in [0, 0.05) is 6.42 Å². The Morgan fingerprint density at radius 2 is 1.78 bits per heavy atom. The summed E-state index contributed by atoms with van der Waals surface area (Å²) in [4.78, 5) is 22.6. The Morgan fingerprint density at radius 1 is 1.11 bits per heavy atom. The van der Waals surface area contributed by atoms with Gasteiger partial charge in [-0.15, -0.1) is 0 Å². The molecule has 18 heavy (non-hydrogen) atoms. The van der Waals surface area contributed by atoms with Gasteiger partial charge in [0.15, 0.2) is 0 Å². The maximum atomic E-state index is 11.8. The fourth-order valence-corrected chi connectivity index (χ4v) is 2.00. The van der Waals surface area contributed by atoms with Gasteiger partial charge >= 0.3 is 5.97 Å². The molecule has 0 spiro atoms. The molecule has 0 fully saturated rings. The van der Waals surface area contributed by atoms with Gasteiger partial charge in [0.25, 0.3) is 0 Å². The van der Waals surface area contributed by atoms with Crippen LogP contribution in [0.3, 0.4) is 0 Å². The average molecular weight is 256 g/mol. The number of ether oxygens (including phenoxy) is 1. The zero-order valence-corrected chi connectivity index (χ0v) is 12.3. The summed E-state index contributed by atoms with van der Waals surface area (Å²) in [6.45, 7) is 7.66. The van der Waals surface area contributed by atoms with E-state index < -0.39 is 0 Å². The van der Waals surface area contributed by atoms with Gasteiger partial charge in [0.1, 0.15) is 5.78 Å². The minimum atomic E-state index is -0.0570. The molecule has 0 saturated heterocycles. The summed E-state index contributed by atoms with van der Waals surface area (Å²) < 4.78 is 5.44. The largest absolute Gasteiger partial charge is 0.462 e. The third kappa shape index (κ3) is 8.26. The van der Waals surface area contributed by atoms with Crippen molar-refractivity contribution >= 4 is 11.8 Å². The van der Waals surface area contributed by atoms with Crippen LogP contribution in [-0.4, -0.2) is 17.9 Å². The van der Waals surface area contributed by atoms with Gasteiger partial charge in [-0.05, 0) is 46.0 Å². The van der Waals surface area contributed by atoms with E-state index in [1.165, 1.54) is 0 Å². The first-order chi connectivity index (χ1) is 8.51. The van der Waals surface area contributed by atoms with Crippen molar-refractivity contribution in [2.45, 2.75) is 78.7 Å². The van der Waals surface area contributed by atoms with E-state index in [1.54, 1.807) is 6.92 Å². The van der Waals surface area contributed by atoms with Gasteiger partial charge in [-0.1, -0.05) is 20.3 Å². The van der Waals surface area contributed by atoms with Gasteiger partial charge in [-0.25, -0.2) is 0 Å². The number of ketones is 1. The molecular formula is C15H28O3. The molecule has 0 amide bonds. The quantitative estimate of drug-likeness (QED) is 0.440. The van der Waals surface area contributed by atoms with Crippen molar-refractivity contribution in [2.24, 2.45) is 5.92 Å². The van der Waals surface area contributed by atoms with Gasteiger partial charge in [-0.3, -0.25) is 4.79 Å². The highest BCUT2D eigenvalue weighted by molar-refractivity contribution is 5.75. The number of carbonyl (C=O) groups is 2. The van der Waals surface area contributed by atoms with Crippen molar-refractivity contribution in [1.29, 1.82) is 0 Å². The first kappa shape index (κ1) is 17.1. The highest BCUT2D eigenvalue weighted by Crippen LogP contribution is 2.15. The van der Waals surface area contributed by atoms with Gasteiger partial charge in [-0.2, -0.15) is 0 Å². The molecule has 0 aromatic heterocycles. The zero-order chi connectivity index (χ0) is 14.0. The Morgan fingerprint density at radius 3 is 2.28 bits per heavy atom. The number of unbranched alkanes of at least 4 members (excludes halogenated alkanes) is 1. The van der Waals surface area contributed by atoms with Gasteiger partial charge < -0.3 is 9.53 Å². The molecule has 0 aliphatic rings. The minimum Gasteiger partial charge on any atom is -0.462 e. The Bertz CT molecular complexity index is 248. The van der Waals surface area contributed by atoms with Gasteiger partial charge in [0.05, 0.1) is 12.0 Å². The van der Waals surface area contributed by atoms with Crippen LogP contribution in [0.1, 0.15) is 72.6 Å². The fourth-order valence-electron chi connectivity index (χ4n) is 2.00. The molecule has 0 N–H and O–H groups in total. The third-order valence-corrected chi connectivity index (χ3v) is 3.17. The summed E-state index contributed by atoms with van der Waals surface area (Å²) in [7, 11) is 0. The number of Topliss-reactive ketones (excluding diaryl/α,β-unsaturated/α-hetero) is 1. The Labute approximate surface area is 111 Å². The molecule has 0 aromatic rings. The number of rotatable bonds is 10. The first-order valence-electron chi connectivity index (χ1n) is 7.21.